The minimum absolute atomic E-state index is 0.316. The summed E-state index contributed by atoms with van der Waals surface area (Å²) in [6.45, 7) is 2.63. The lowest BCUT2D eigenvalue weighted by Gasteiger charge is -2.08. The lowest BCUT2D eigenvalue weighted by Crippen LogP contribution is -2.02. The van der Waals surface area contributed by atoms with Crippen molar-refractivity contribution in [2.24, 2.45) is 0 Å². The predicted molar refractivity (Wildman–Crippen MR) is 107 cm³/mol. The number of carbonyl (C=O) groups is 1. The van der Waals surface area contributed by atoms with E-state index in [9.17, 15) is 4.79 Å². The van der Waals surface area contributed by atoms with Crippen molar-refractivity contribution in [3.63, 3.8) is 0 Å². The first kappa shape index (κ1) is 19.9. The van der Waals surface area contributed by atoms with Crippen molar-refractivity contribution in [3.8, 4) is 5.75 Å². The highest BCUT2D eigenvalue weighted by atomic mass is 32.2. The molecule has 0 aliphatic heterocycles. The number of aromatic nitrogens is 2. The van der Waals surface area contributed by atoms with Crippen LogP contribution in [0.15, 0.2) is 64.2 Å². The minimum atomic E-state index is -0.365. The Kier molecular flexibility index (Phi) is 7.08. The molecule has 0 spiro atoms. The second-order valence-corrected chi connectivity index (χ2v) is 7.24. The third-order valence-electron chi connectivity index (χ3n) is 4.15. The van der Waals surface area contributed by atoms with Gasteiger partial charge >= 0.3 is 5.97 Å². The number of hydrogen-bond acceptors (Lipinski definition) is 7. The van der Waals surface area contributed by atoms with Crippen LogP contribution in [-0.2, 0) is 11.2 Å². The van der Waals surface area contributed by atoms with Crippen molar-refractivity contribution in [1.29, 1.82) is 0 Å². The van der Waals surface area contributed by atoms with E-state index in [1.165, 1.54) is 24.4 Å². The van der Waals surface area contributed by atoms with Crippen LogP contribution in [0.25, 0.3) is 0 Å². The summed E-state index contributed by atoms with van der Waals surface area (Å²) in [5, 5.41) is 8.76. The molecule has 3 aromatic rings. The molecule has 1 atom stereocenters. The molecule has 1 unspecified atom stereocenters. The summed E-state index contributed by atoms with van der Waals surface area (Å²) < 4.78 is 16.0. The smallest absolute Gasteiger partial charge is 0.337 e. The summed E-state index contributed by atoms with van der Waals surface area (Å²) in [5.74, 6) is 1.95. The van der Waals surface area contributed by atoms with Gasteiger partial charge in [-0.15, -0.1) is 10.2 Å². The Hall–Kier alpha value is -2.80. The highest BCUT2D eigenvalue weighted by Crippen LogP contribution is 2.22. The summed E-state index contributed by atoms with van der Waals surface area (Å²) in [6, 6.07) is 17.1. The number of nitrogens with zero attached hydrogens (tertiary/aromatic N) is 2. The maximum absolute atomic E-state index is 11.4. The molecule has 146 valence electrons. The lowest BCUT2D eigenvalue weighted by atomic mass is 9.98. The molecule has 0 N–H and O–H groups in total. The largest absolute Gasteiger partial charge is 0.493 e. The average Bonchev–Trinajstić information content (AvgIpc) is 3.19. The number of esters is 1. The normalized spacial score (nSPS) is 11.8. The maximum Gasteiger partial charge on any atom is 0.337 e. The predicted octanol–water partition coefficient (Wildman–Crippen LogP) is 4.37. The molecule has 0 radical (unpaired) electrons. The molecule has 0 aliphatic carbocycles. The van der Waals surface area contributed by atoms with Crippen LogP contribution in [0.2, 0.25) is 0 Å². The van der Waals surface area contributed by atoms with Gasteiger partial charge in [-0.1, -0.05) is 49.0 Å². The molecule has 3 rings (SSSR count). The van der Waals surface area contributed by atoms with Gasteiger partial charge in [-0.2, -0.15) is 0 Å². The molecule has 7 heteroatoms. The van der Waals surface area contributed by atoms with E-state index in [0.29, 0.717) is 47.1 Å². The molecule has 6 nitrogen and oxygen atoms in total. The van der Waals surface area contributed by atoms with Gasteiger partial charge in [0.1, 0.15) is 5.75 Å². The van der Waals surface area contributed by atoms with Gasteiger partial charge in [-0.05, 0) is 35.7 Å². The fourth-order valence-corrected chi connectivity index (χ4v) is 3.23. The van der Waals surface area contributed by atoms with Crippen molar-refractivity contribution in [3.05, 3.63) is 71.6 Å². The molecule has 0 amide bonds. The summed E-state index contributed by atoms with van der Waals surface area (Å²) in [6.07, 6.45) is 0.709. The third kappa shape index (κ3) is 5.60. The average molecular weight is 398 g/mol. The van der Waals surface area contributed by atoms with Crippen molar-refractivity contribution in [2.75, 3.05) is 19.5 Å². The molecule has 1 aromatic heterocycles. The molecular weight excluding hydrogens is 376 g/mol. The monoisotopic (exact) mass is 398 g/mol. The topological polar surface area (TPSA) is 74.5 Å². The molecule has 0 bridgehead atoms. The molecule has 1 heterocycles. The number of benzene rings is 2. The number of rotatable bonds is 9. The van der Waals surface area contributed by atoms with E-state index in [0.717, 1.165) is 0 Å². The van der Waals surface area contributed by atoms with E-state index in [2.05, 4.69) is 34.0 Å². The van der Waals surface area contributed by atoms with Crippen molar-refractivity contribution in [1.82, 2.24) is 10.2 Å². The van der Waals surface area contributed by atoms with Crippen LogP contribution < -0.4 is 4.74 Å². The summed E-state index contributed by atoms with van der Waals surface area (Å²) >= 11 is 1.46. The van der Waals surface area contributed by atoms with Crippen LogP contribution in [0.4, 0.5) is 0 Å². The maximum atomic E-state index is 11.4. The van der Waals surface area contributed by atoms with Gasteiger partial charge in [0.25, 0.3) is 5.22 Å². The second-order valence-electron chi connectivity index (χ2n) is 6.19. The third-order valence-corrected chi connectivity index (χ3v) is 4.93. The molecule has 0 aliphatic rings. The zero-order chi connectivity index (χ0) is 19.8. The van der Waals surface area contributed by atoms with Crippen molar-refractivity contribution in [2.45, 2.75) is 24.5 Å². The number of carbonyl (C=O) groups excluding carboxylic acids is 1. The molecular formula is C21H22N2O4S. The highest BCUT2D eigenvalue weighted by molar-refractivity contribution is 7.99. The van der Waals surface area contributed by atoms with Crippen LogP contribution in [0.3, 0.4) is 0 Å². The minimum Gasteiger partial charge on any atom is -0.493 e. The fourth-order valence-electron chi connectivity index (χ4n) is 2.63. The SMILES string of the molecule is COC(=O)c1ccc(OCCSc2nnc(CC(C)c3ccccc3)o2)cc1. The van der Waals surface area contributed by atoms with Crippen molar-refractivity contribution >= 4 is 17.7 Å². The molecule has 0 saturated heterocycles. The molecule has 0 saturated carbocycles. The van der Waals surface area contributed by atoms with Crippen LogP contribution in [0, 0.1) is 0 Å². The van der Waals surface area contributed by atoms with E-state index in [4.69, 9.17) is 9.15 Å². The van der Waals surface area contributed by atoms with Crippen LogP contribution >= 0.6 is 11.8 Å². The van der Waals surface area contributed by atoms with Gasteiger partial charge in [0.2, 0.25) is 5.89 Å². The van der Waals surface area contributed by atoms with Gasteiger partial charge in [0.15, 0.2) is 0 Å². The van der Waals surface area contributed by atoms with Crippen molar-refractivity contribution < 1.29 is 18.7 Å². The lowest BCUT2D eigenvalue weighted by molar-refractivity contribution is 0.0600. The van der Waals surface area contributed by atoms with Crippen LogP contribution in [-0.4, -0.2) is 35.6 Å². The number of thioether (sulfide) groups is 1. The van der Waals surface area contributed by atoms with Gasteiger partial charge in [-0.3, -0.25) is 0 Å². The van der Waals surface area contributed by atoms with Crippen LogP contribution in [0.1, 0.15) is 34.7 Å². The van der Waals surface area contributed by atoms with E-state index in [1.54, 1.807) is 24.3 Å². The summed E-state index contributed by atoms with van der Waals surface area (Å²) in [7, 11) is 1.36. The summed E-state index contributed by atoms with van der Waals surface area (Å²) in [5.41, 5.74) is 1.74. The number of hydrogen-bond donors (Lipinski definition) is 0. The first-order valence-corrected chi connectivity index (χ1v) is 9.95. The first-order chi connectivity index (χ1) is 13.7. The zero-order valence-corrected chi connectivity index (χ0v) is 16.6. The van der Waals surface area contributed by atoms with Gasteiger partial charge in [0, 0.05) is 12.2 Å². The summed E-state index contributed by atoms with van der Waals surface area (Å²) in [4.78, 5) is 11.4. The van der Waals surface area contributed by atoms with Gasteiger partial charge in [0.05, 0.1) is 19.3 Å². The Morgan fingerprint density at radius 1 is 1.11 bits per heavy atom. The zero-order valence-electron chi connectivity index (χ0n) is 15.8. The number of ether oxygens (including phenoxy) is 2. The van der Waals surface area contributed by atoms with Gasteiger partial charge < -0.3 is 13.9 Å². The fraction of sp³-hybridized carbons (Fsp3) is 0.286. The van der Waals surface area contributed by atoms with E-state index in [1.807, 2.05) is 18.2 Å². The standard InChI is InChI=1S/C21H22N2O4S/c1-15(16-6-4-3-5-7-16)14-19-22-23-21(27-19)28-13-12-26-18-10-8-17(9-11-18)20(24)25-2/h3-11,15H,12-14H2,1-2H3. The molecule has 28 heavy (non-hydrogen) atoms. The van der Waals surface area contributed by atoms with E-state index >= 15 is 0 Å². The second kappa shape index (κ2) is 9.94. The van der Waals surface area contributed by atoms with E-state index < -0.39 is 0 Å². The quantitative estimate of drug-likeness (QED) is 0.301. The van der Waals surface area contributed by atoms with Crippen LogP contribution in [0.5, 0.6) is 5.75 Å². The Bertz CT molecular complexity index is 881. The van der Waals surface area contributed by atoms with E-state index in [-0.39, 0.29) is 5.97 Å². The first-order valence-electron chi connectivity index (χ1n) is 8.97. The molecule has 2 aromatic carbocycles. The Morgan fingerprint density at radius 3 is 2.57 bits per heavy atom. The Balaban J connectivity index is 1.41. The molecule has 0 fully saturated rings. The highest BCUT2D eigenvalue weighted by Gasteiger charge is 2.12. The Morgan fingerprint density at radius 2 is 1.86 bits per heavy atom. The van der Waals surface area contributed by atoms with Gasteiger partial charge in [-0.25, -0.2) is 4.79 Å². The Labute approximate surface area is 168 Å². The number of methoxy groups -OCH3 is 1.